The predicted octanol–water partition coefficient (Wildman–Crippen LogP) is 0.886. The number of nitrogens with two attached hydrogens (primary N) is 1. The first-order valence-corrected chi connectivity index (χ1v) is 11.1. The number of sulfonamides is 1. The van der Waals surface area contributed by atoms with E-state index in [1.165, 1.54) is 11.0 Å². The van der Waals surface area contributed by atoms with E-state index < -0.39 is 16.1 Å². The average molecular weight is 439 g/mol. The summed E-state index contributed by atoms with van der Waals surface area (Å²) in [5.74, 6) is 1.23. The molecular weight excluding hydrogens is 412 g/mol. The number of nitrogens with one attached hydrogen (secondary N) is 1. The minimum absolute atomic E-state index is 0.220. The number of pyridine rings is 1. The highest BCUT2D eigenvalue weighted by Gasteiger charge is 2.40. The molecule has 4 N–H and O–H groups in total. The number of carbonyl (C=O) groups is 1. The van der Waals surface area contributed by atoms with Crippen LogP contribution in [0.15, 0.2) is 23.2 Å². The first-order valence-electron chi connectivity index (χ1n) is 9.55. The molecule has 1 aliphatic rings. The molecule has 1 aliphatic heterocycles. The number of aryl methyl sites for hydroxylation is 1. The second kappa shape index (κ2) is 8.52. The van der Waals surface area contributed by atoms with Crippen molar-refractivity contribution < 1.29 is 18.3 Å². The van der Waals surface area contributed by atoms with Crippen molar-refractivity contribution in [2.75, 3.05) is 11.9 Å². The number of primary sulfonamides is 1. The van der Waals surface area contributed by atoms with Gasteiger partial charge in [0.05, 0.1) is 6.54 Å². The Labute approximate surface area is 174 Å². The summed E-state index contributed by atoms with van der Waals surface area (Å²) in [5.41, 5.74) is -0.348. The second-order valence-electron chi connectivity index (χ2n) is 8.00. The lowest BCUT2D eigenvalue weighted by Crippen LogP contribution is -2.41. The van der Waals surface area contributed by atoms with Crippen LogP contribution < -0.4 is 10.5 Å². The van der Waals surface area contributed by atoms with Crippen LogP contribution in [-0.4, -0.2) is 61.8 Å². The zero-order valence-corrected chi connectivity index (χ0v) is 17.7. The third-order valence-electron chi connectivity index (χ3n) is 5.22. The van der Waals surface area contributed by atoms with Crippen molar-refractivity contribution in [3.63, 3.8) is 0 Å². The van der Waals surface area contributed by atoms with Gasteiger partial charge in [0.2, 0.25) is 0 Å². The maximum absolute atomic E-state index is 11.4. The Morgan fingerprint density at radius 1 is 1.40 bits per heavy atom. The lowest BCUT2D eigenvalue weighted by molar-refractivity contribution is 0.117. The lowest BCUT2D eigenvalue weighted by atomic mass is 9.93. The van der Waals surface area contributed by atoms with Crippen LogP contribution in [0.1, 0.15) is 38.9 Å². The third kappa shape index (κ3) is 5.21. The average Bonchev–Trinajstić information content (AvgIpc) is 3.22. The van der Waals surface area contributed by atoms with Gasteiger partial charge in [-0.15, -0.1) is 5.10 Å². The maximum atomic E-state index is 11.4. The van der Waals surface area contributed by atoms with Gasteiger partial charge >= 0.3 is 6.09 Å². The molecule has 0 aliphatic carbocycles. The number of rotatable bonds is 8. The van der Waals surface area contributed by atoms with Gasteiger partial charge in [-0.1, -0.05) is 6.07 Å². The molecule has 12 nitrogen and oxygen atoms in total. The van der Waals surface area contributed by atoms with Gasteiger partial charge in [0.25, 0.3) is 10.0 Å². The molecule has 0 saturated carbocycles. The zero-order valence-electron chi connectivity index (χ0n) is 16.9. The van der Waals surface area contributed by atoms with Gasteiger partial charge in [-0.2, -0.15) is 0 Å². The molecule has 2 aromatic heterocycles. The molecule has 1 saturated heterocycles. The standard InChI is InChI=1S/C17H26N8O4S/c1-17(2)9-12(11-24(17)16(26)27)5-4-8-25-14(21-22-23-25)10-19-13-6-3-7-15(20-13)30(18,28)29/h3,6-7,12H,4-5,8-11H2,1-2H3,(H,19,20)(H,26,27)(H2,18,28,29)/t12-/m0/s1. The summed E-state index contributed by atoms with van der Waals surface area (Å²) in [6, 6.07) is 4.49. The number of anilines is 1. The molecule has 1 fully saturated rings. The van der Waals surface area contributed by atoms with E-state index in [1.807, 2.05) is 13.8 Å². The minimum Gasteiger partial charge on any atom is -0.465 e. The van der Waals surface area contributed by atoms with Crippen LogP contribution in [0.2, 0.25) is 0 Å². The van der Waals surface area contributed by atoms with Crippen molar-refractivity contribution in [3.8, 4) is 0 Å². The minimum atomic E-state index is -3.88. The largest absolute Gasteiger partial charge is 0.465 e. The molecule has 1 atom stereocenters. The number of hydrogen-bond acceptors (Lipinski definition) is 8. The van der Waals surface area contributed by atoms with Gasteiger partial charge in [-0.3, -0.25) is 0 Å². The Hall–Kier alpha value is -2.80. The first kappa shape index (κ1) is 21.9. The van der Waals surface area contributed by atoms with Crippen LogP contribution >= 0.6 is 0 Å². The summed E-state index contributed by atoms with van der Waals surface area (Å²) in [6.07, 6.45) is 1.63. The smallest absolute Gasteiger partial charge is 0.407 e. The topological polar surface area (TPSA) is 169 Å². The highest BCUT2D eigenvalue weighted by Crippen LogP contribution is 2.34. The van der Waals surface area contributed by atoms with Gasteiger partial charge in [0.1, 0.15) is 5.82 Å². The van der Waals surface area contributed by atoms with E-state index >= 15 is 0 Å². The van der Waals surface area contributed by atoms with E-state index in [1.54, 1.807) is 16.8 Å². The second-order valence-corrected chi connectivity index (χ2v) is 9.50. The summed E-state index contributed by atoms with van der Waals surface area (Å²) >= 11 is 0. The van der Waals surface area contributed by atoms with E-state index in [0.29, 0.717) is 30.6 Å². The van der Waals surface area contributed by atoms with E-state index in [9.17, 15) is 18.3 Å². The molecule has 2 aromatic rings. The quantitative estimate of drug-likeness (QED) is 0.541. The van der Waals surface area contributed by atoms with Crippen molar-refractivity contribution in [1.29, 1.82) is 0 Å². The van der Waals surface area contributed by atoms with E-state index in [-0.39, 0.29) is 17.1 Å². The fourth-order valence-electron chi connectivity index (χ4n) is 3.81. The molecule has 3 heterocycles. The van der Waals surface area contributed by atoms with Crippen LogP contribution in [0.5, 0.6) is 0 Å². The SMILES string of the molecule is CC1(C)C[C@H](CCCn2nnnc2CNc2cccc(S(N)(=O)=O)n2)CN1C(=O)O. The molecule has 0 radical (unpaired) electrons. The van der Waals surface area contributed by atoms with Gasteiger partial charge in [0, 0.05) is 18.6 Å². The van der Waals surface area contributed by atoms with Crippen molar-refractivity contribution in [2.45, 2.75) is 56.8 Å². The Bertz CT molecular complexity index is 1010. The van der Waals surface area contributed by atoms with E-state index in [2.05, 4.69) is 25.8 Å². The number of carboxylic acid groups (broad SMARTS) is 1. The monoisotopic (exact) mass is 438 g/mol. The Morgan fingerprint density at radius 2 is 2.17 bits per heavy atom. The summed E-state index contributed by atoms with van der Waals surface area (Å²) in [5, 5.41) is 28.9. The summed E-state index contributed by atoms with van der Waals surface area (Å²) in [4.78, 5) is 16.9. The lowest BCUT2D eigenvalue weighted by Gasteiger charge is -2.28. The molecule has 13 heteroatoms. The fourth-order valence-corrected chi connectivity index (χ4v) is 4.31. The molecule has 30 heavy (non-hydrogen) atoms. The van der Waals surface area contributed by atoms with Crippen molar-refractivity contribution in [1.82, 2.24) is 30.1 Å². The number of nitrogens with zero attached hydrogens (tertiary/aromatic N) is 6. The van der Waals surface area contributed by atoms with Crippen LogP contribution in [0, 0.1) is 5.92 Å². The third-order valence-corrected chi connectivity index (χ3v) is 6.03. The van der Waals surface area contributed by atoms with Crippen molar-refractivity contribution in [2.24, 2.45) is 11.1 Å². The Morgan fingerprint density at radius 3 is 2.83 bits per heavy atom. The number of aromatic nitrogens is 5. The normalized spacial score (nSPS) is 18.5. The summed E-state index contributed by atoms with van der Waals surface area (Å²) in [6.45, 7) is 5.30. The number of amides is 1. The van der Waals surface area contributed by atoms with Gasteiger partial charge in [-0.05, 0) is 61.6 Å². The fraction of sp³-hybridized carbons (Fsp3) is 0.588. The molecule has 3 rings (SSSR count). The van der Waals surface area contributed by atoms with E-state index in [0.717, 1.165) is 19.3 Å². The molecule has 0 spiro atoms. The highest BCUT2D eigenvalue weighted by molar-refractivity contribution is 7.89. The first-order chi connectivity index (χ1) is 14.1. The molecular formula is C17H26N8O4S. The number of tetrazole rings is 1. The molecule has 0 aromatic carbocycles. The van der Waals surface area contributed by atoms with Crippen LogP contribution in [-0.2, 0) is 23.1 Å². The molecule has 164 valence electrons. The van der Waals surface area contributed by atoms with Gasteiger partial charge in [-0.25, -0.2) is 28.0 Å². The zero-order chi connectivity index (χ0) is 21.9. The Balaban J connectivity index is 1.52. The van der Waals surface area contributed by atoms with Crippen molar-refractivity contribution >= 4 is 21.9 Å². The summed E-state index contributed by atoms with van der Waals surface area (Å²) in [7, 11) is -3.88. The van der Waals surface area contributed by atoms with Crippen LogP contribution in [0.25, 0.3) is 0 Å². The maximum Gasteiger partial charge on any atom is 0.407 e. The van der Waals surface area contributed by atoms with Crippen LogP contribution in [0.3, 0.4) is 0 Å². The number of hydrogen-bond donors (Lipinski definition) is 3. The number of likely N-dealkylation sites (tertiary alicyclic amines) is 1. The molecule has 0 unspecified atom stereocenters. The highest BCUT2D eigenvalue weighted by atomic mass is 32.2. The molecule has 0 bridgehead atoms. The summed E-state index contributed by atoms with van der Waals surface area (Å²) < 4.78 is 24.5. The Kier molecular flexibility index (Phi) is 6.22. The van der Waals surface area contributed by atoms with Gasteiger partial charge < -0.3 is 15.3 Å². The predicted molar refractivity (Wildman–Crippen MR) is 107 cm³/mol. The van der Waals surface area contributed by atoms with Crippen LogP contribution in [0.4, 0.5) is 10.6 Å². The van der Waals surface area contributed by atoms with E-state index in [4.69, 9.17) is 5.14 Å². The van der Waals surface area contributed by atoms with Crippen molar-refractivity contribution in [3.05, 3.63) is 24.0 Å². The van der Waals surface area contributed by atoms with Gasteiger partial charge in [0.15, 0.2) is 10.9 Å². The molecule has 1 amide bonds.